The first-order valence-corrected chi connectivity index (χ1v) is 6.19. The van der Waals surface area contributed by atoms with Gasteiger partial charge in [-0.05, 0) is 12.1 Å². The Morgan fingerprint density at radius 1 is 1.33 bits per heavy atom. The van der Waals surface area contributed by atoms with Gasteiger partial charge in [0.05, 0.1) is 36.7 Å². The molecule has 9 heteroatoms. The van der Waals surface area contributed by atoms with Crippen LogP contribution in [0.15, 0.2) is 30.7 Å². The van der Waals surface area contributed by atoms with Crippen LogP contribution in [0.4, 0.5) is 10.5 Å². The molecule has 0 spiro atoms. The van der Waals surface area contributed by atoms with Gasteiger partial charge in [0.15, 0.2) is 0 Å². The summed E-state index contributed by atoms with van der Waals surface area (Å²) in [6, 6.07) is 2.78. The van der Waals surface area contributed by atoms with Gasteiger partial charge in [-0.15, -0.1) is 5.10 Å². The van der Waals surface area contributed by atoms with Crippen LogP contribution in [0.3, 0.4) is 0 Å². The van der Waals surface area contributed by atoms with E-state index in [-0.39, 0.29) is 12.5 Å². The van der Waals surface area contributed by atoms with E-state index in [0.717, 1.165) is 0 Å². The zero-order valence-electron chi connectivity index (χ0n) is 11.1. The number of carbonyl (C=O) groups excluding carboxylic acids is 1. The molecule has 0 saturated carbocycles. The lowest BCUT2D eigenvalue weighted by Gasteiger charge is -2.07. The van der Waals surface area contributed by atoms with Crippen LogP contribution in [0.1, 0.15) is 5.69 Å². The molecule has 0 aliphatic heterocycles. The first-order chi connectivity index (χ1) is 10.1. The van der Waals surface area contributed by atoms with Crippen molar-refractivity contribution >= 4 is 17.7 Å². The molecule has 0 aliphatic carbocycles. The van der Waals surface area contributed by atoms with Crippen molar-refractivity contribution in [3.05, 3.63) is 36.4 Å². The number of carboxylic acid groups (broad SMARTS) is 1. The van der Waals surface area contributed by atoms with Gasteiger partial charge in [-0.2, -0.15) is 0 Å². The fraction of sp³-hybridized carbons (Fsp3) is 0.250. The second-order valence-corrected chi connectivity index (χ2v) is 4.16. The van der Waals surface area contributed by atoms with Gasteiger partial charge in [0.2, 0.25) is 0 Å². The van der Waals surface area contributed by atoms with E-state index in [2.05, 4.69) is 25.9 Å². The molecule has 2 rings (SSSR count). The quantitative estimate of drug-likeness (QED) is 0.694. The van der Waals surface area contributed by atoms with Crippen LogP contribution in [0.25, 0.3) is 0 Å². The van der Waals surface area contributed by atoms with Crippen LogP contribution in [-0.4, -0.2) is 43.6 Å². The number of nitrogens with one attached hydrogen (secondary N) is 2. The number of aromatic nitrogens is 4. The predicted molar refractivity (Wildman–Crippen MR) is 72.6 cm³/mol. The van der Waals surface area contributed by atoms with Gasteiger partial charge in [0, 0.05) is 12.7 Å². The van der Waals surface area contributed by atoms with E-state index in [1.54, 1.807) is 29.2 Å². The number of urea groups is 1. The summed E-state index contributed by atoms with van der Waals surface area (Å²) >= 11 is 0. The lowest BCUT2D eigenvalue weighted by Crippen LogP contribution is -2.31. The predicted octanol–water partition coefficient (Wildman–Crippen LogP) is 0.122. The standard InChI is InChI=1S/C12H14N6O3/c19-11(20)7-9-1-2-10(8-14-9)16-12(21)13-3-5-18-6-4-15-17-18/h1-2,4,6,8H,3,5,7H2,(H,19,20)(H2,13,16,21). The number of amides is 2. The number of hydrogen-bond donors (Lipinski definition) is 3. The average molecular weight is 290 g/mol. The summed E-state index contributed by atoms with van der Waals surface area (Å²) in [7, 11) is 0. The normalized spacial score (nSPS) is 10.1. The maximum absolute atomic E-state index is 11.6. The third-order valence-corrected chi connectivity index (χ3v) is 2.51. The van der Waals surface area contributed by atoms with Crippen molar-refractivity contribution in [3.8, 4) is 0 Å². The molecular weight excluding hydrogens is 276 g/mol. The van der Waals surface area contributed by atoms with E-state index >= 15 is 0 Å². The monoisotopic (exact) mass is 290 g/mol. The van der Waals surface area contributed by atoms with Crippen LogP contribution in [0.2, 0.25) is 0 Å². The minimum Gasteiger partial charge on any atom is -0.481 e. The molecule has 2 aromatic rings. The summed E-state index contributed by atoms with van der Waals surface area (Å²) in [6.07, 6.45) is 4.52. The molecule has 21 heavy (non-hydrogen) atoms. The number of carboxylic acids is 1. The fourth-order valence-electron chi connectivity index (χ4n) is 1.57. The Kier molecular flexibility index (Phi) is 4.80. The Hall–Kier alpha value is -2.97. The molecule has 2 aromatic heterocycles. The Morgan fingerprint density at radius 2 is 2.19 bits per heavy atom. The first-order valence-electron chi connectivity index (χ1n) is 6.19. The van der Waals surface area contributed by atoms with Crippen LogP contribution in [0, 0.1) is 0 Å². The third-order valence-electron chi connectivity index (χ3n) is 2.51. The largest absolute Gasteiger partial charge is 0.481 e. The van der Waals surface area contributed by atoms with Gasteiger partial charge >= 0.3 is 12.0 Å². The molecule has 0 radical (unpaired) electrons. The highest BCUT2D eigenvalue weighted by molar-refractivity contribution is 5.88. The molecule has 0 fully saturated rings. The molecule has 0 aliphatic rings. The fourth-order valence-corrected chi connectivity index (χ4v) is 1.57. The van der Waals surface area contributed by atoms with E-state index in [1.165, 1.54) is 6.20 Å². The number of nitrogens with zero attached hydrogens (tertiary/aromatic N) is 4. The summed E-state index contributed by atoms with van der Waals surface area (Å²) in [5, 5.41) is 21.3. The van der Waals surface area contributed by atoms with Crippen molar-refractivity contribution in [2.75, 3.05) is 11.9 Å². The van der Waals surface area contributed by atoms with E-state index in [4.69, 9.17) is 5.11 Å². The number of pyridine rings is 1. The molecule has 0 atom stereocenters. The van der Waals surface area contributed by atoms with Crippen LogP contribution in [0.5, 0.6) is 0 Å². The number of anilines is 1. The van der Waals surface area contributed by atoms with Gasteiger partial charge in [0.1, 0.15) is 0 Å². The van der Waals surface area contributed by atoms with Gasteiger partial charge in [0.25, 0.3) is 0 Å². The molecule has 0 saturated heterocycles. The van der Waals surface area contributed by atoms with Gasteiger partial charge < -0.3 is 15.7 Å². The van der Waals surface area contributed by atoms with Gasteiger partial charge in [-0.3, -0.25) is 14.5 Å². The maximum atomic E-state index is 11.6. The van der Waals surface area contributed by atoms with Crippen molar-refractivity contribution in [3.63, 3.8) is 0 Å². The highest BCUT2D eigenvalue weighted by atomic mass is 16.4. The summed E-state index contributed by atoms with van der Waals surface area (Å²) < 4.78 is 1.60. The van der Waals surface area contributed by atoms with Crippen molar-refractivity contribution < 1.29 is 14.7 Å². The Morgan fingerprint density at radius 3 is 2.81 bits per heavy atom. The highest BCUT2D eigenvalue weighted by Crippen LogP contribution is 2.06. The van der Waals surface area contributed by atoms with E-state index < -0.39 is 5.97 Å². The number of carbonyl (C=O) groups is 2. The maximum Gasteiger partial charge on any atom is 0.319 e. The third kappa shape index (κ3) is 4.90. The smallest absolute Gasteiger partial charge is 0.319 e. The van der Waals surface area contributed by atoms with Crippen molar-refractivity contribution in [1.82, 2.24) is 25.3 Å². The lowest BCUT2D eigenvalue weighted by molar-refractivity contribution is -0.136. The summed E-state index contributed by atoms with van der Waals surface area (Å²) in [4.78, 5) is 26.1. The summed E-state index contributed by atoms with van der Waals surface area (Å²) in [5.41, 5.74) is 0.919. The number of aliphatic carboxylic acids is 1. The Bertz CT molecular complexity index is 596. The van der Waals surface area contributed by atoms with E-state index in [9.17, 15) is 9.59 Å². The van der Waals surface area contributed by atoms with E-state index in [1.807, 2.05) is 0 Å². The van der Waals surface area contributed by atoms with Crippen molar-refractivity contribution in [1.29, 1.82) is 0 Å². The van der Waals surface area contributed by atoms with Gasteiger partial charge in [-0.25, -0.2) is 4.79 Å². The SMILES string of the molecule is O=C(O)Cc1ccc(NC(=O)NCCn2ccnn2)cn1. The Labute approximate surface area is 120 Å². The molecule has 0 bridgehead atoms. The van der Waals surface area contributed by atoms with Gasteiger partial charge in [-0.1, -0.05) is 5.21 Å². The molecule has 2 heterocycles. The molecule has 3 N–H and O–H groups in total. The van der Waals surface area contributed by atoms with Crippen molar-refractivity contribution in [2.24, 2.45) is 0 Å². The highest BCUT2D eigenvalue weighted by Gasteiger charge is 2.04. The van der Waals surface area contributed by atoms with Crippen LogP contribution in [-0.2, 0) is 17.8 Å². The average Bonchev–Trinajstić information content (AvgIpc) is 2.93. The second kappa shape index (κ2) is 6.98. The molecule has 9 nitrogen and oxygen atoms in total. The molecule has 0 unspecified atom stereocenters. The van der Waals surface area contributed by atoms with Crippen LogP contribution >= 0.6 is 0 Å². The van der Waals surface area contributed by atoms with Crippen LogP contribution < -0.4 is 10.6 Å². The van der Waals surface area contributed by atoms with Crippen molar-refractivity contribution in [2.45, 2.75) is 13.0 Å². The minimum absolute atomic E-state index is 0.148. The second-order valence-electron chi connectivity index (χ2n) is 4.16. The zero-order chi connectivity index (χ0) is 15.1. The van der Waals surface area contributed by atoms with E-state index in [0.29, 0.717) is 24.5 Å². The minimum atomic E-state index is -0.950. The lowest BCUT2D eigenvalue weighted by atomic mass is 10.2. The topological polar surface area (TPSA) is 122 Å². The summed E-state index contributed by atoms with van der Waals surface area (Å²) in [6.45, 7) is 0.920. The molecular formula is C12H14N6O3. The molecule has 110 valence electrons. The Balaban J connectivity index is 1.75. The molecule has 0 aromatic carbocycles. The summed E-state index contributed by atoms with van der Waals surface area (Å²) in [5.74, 6) is -0.950. The molecule has 2 amide bonds. The first kappa shape index (κ1) is 14.4. The number of hydrogen-bond acceptors (Lipinski definition) is 5. The number of rotatable bonds is 6. The zero-order valence-corrected chi connectivity index (χ0v) is 11.1.